The van der Waals surface area contributed by atoms with Crippen molar-refractivity contribution in [3.05, 3.63) is 76.1 Å². The number of hydrogen-bond donors (Lipinski definition) is 9. The van der Waals surface area contributed by atoms with Crippen LogP contribution in [0.15, 0.2) is 60.0 Å². The van der Waals surface area contributed by atoms with Crippen molar-refractivity contribution in [2.45, 2.75) is 170 Å². The third-order valence-corrected chi connectivity index (χ3v) is 17.8. The van der Waals surface area contributed by atoms with Crippen molar-refractivity contribution in [1.29, 1.82) is 0 Å². The van der Waals surface area contributed by atoms with Crippen LogP contribution in [0.3, 0.4) is 0 Å². The first-order chi connectivity index (χ1) is 49.9. The van der Waals surface area contributed by atoms with Gasteiger partial charge in [0.15, 0.2) is 6.10 Å². The smallest absolute Gasteiger partial charge is 0.407 e. The van der Waals surface area contributed by atoms with Gasteiger partial charge in [0.2, 0.25) is 41.4 Å². The number of nitrogens with zero attached hydrogens (tertiary/aromatic N) is 3. The number of aliphatic carboxylic acids is 1. The standard InChI is InChI=1S/C74H111N11O19S/c1-13-15-21-32-102-85(70(94)65(50(5)14-2)68(93)83-60-24-19-20-31-84(60)12)57(49(3)4)43-58(103-51(6)86)69-82-59(48-105-69)81-66(91)54(44-74(10,11)71(95)96)41-53-25-27-55(28-26-53)79-63(89)47-78-67(92)56(42-52-22-17-16-18-23-52)80-64(90)46-77-62(88)45-76-61(87)29-33-98-35-37-100-39-40-101-38-36-99-34-30-75-72(97)104-73(7,8)9/h1,16-18,22-23,25-28,48-50,54,56-58,60,65H,14-15,19-21,24,29-47H2,2-12H3,(H,75,97)(H,76,87)(H,77,88)(H,78,92)(H,79,89)(H,80,90)(H,81,91)(H,83,93)(H,95,96)/t50-,54-,56-,57+,58+,60+,65-/m0/s1. The highest BCUT2D eigenvalue weighted by Crippen LogP contribution is 2.35. The SMILES string of the molecule is C#CCCCON(C(=O)[C@H](C(=O)N[C@H]1CCCCN1C)[C@@H](C)CC)[C@H](C[C@@H](OC(C)=O)c1nc(NC(=O)[C@@H](Cc2ccc(NC(=O)CNC(=O)[C@H](Cc3ccccc3)NC(=O)CNC(=O)CNC(=O)CCOCCOCCOCCOCCNC(=O)OC(C)(C)C)cc2)CC(C)(C)C(=O)O)cs1)C(C)C. The molecule has 1 saturated heterocycles. The van der Waals surface area contributed by atoms with Gasteiger partial charge in [0, 0.05) is 56.1 Å². The van der Waals surface area contributed by atoms with Crippen molar-refractivity contribution in [2.24, 2.45) is 29.1 Å². The number of ether oxygens (including phenoxy) is 6. The van der Waals surface area contributed by atoms with Crippen molar-refractivity contribution >= 4 is 88.1 Å². The molecule has 105 heavy (non-hydrogen) atoms. The number of anilines is 2. The number of hydrogen-bond acceptors (Lipinski definition) is 21. The molecule has 9 amide bonds. The minimum atomic E-state index is -1.37. The van der Waals surface area contributed by atoms with Gasteiger partial charge in [-0.3, -0.25) is 57.7 Å². The minimum Gasteiger partial charge on any atom is -0.481 e. The number of unbranched alkanes of at least 4 members (excludes halogenated alkanes) is 1. The van der Waals surface area contributed by atoms with E-state index < -0.39 is 126 Å². The summed E-state index contributed by atoms with van der Waals surface area (Å²) < 4.78 is 32.8. The Morgan fingerprint density at radius 2 is 1.34 bits per heavy atom. The Hall–Kier alpha value is -8.64. The number of rotatable bonds is 48. The summed E-state index contributed by atoms with van der Waals surface area (Å²) in [6.07, 6.45) is 7.66. The van der Waals surface area contributed by atoms with Gasteiger partial charge < -0.3 is 76.1 Å². The molecule has 1 aromatic heterocycles. The number of aromatic nitrogens is 1. The predicted octanol–water partition coefficient (Wildman–Crippen LogP) is 5.85. The van der Waals surface area contributed by atoms with Crippen LogP contribution in [-0.2, 0) is 94.0 Å². The number of piperidine rings is 1. The first-order valence-corrected chi connectivity index (χ1v) is 36.7. The number of likely N-dealkylation sites (tertiary alicyclic amines) is 1. The van der Waals surface area contributed by atoms with Crippen molar-refractivity contribution in [3.63, 3.8) is 0 Å². The summed E-state index contributed by atoms with van der Waals surface area (Å²) in [7, 11) is 1.94. The summed E-state index contributed by atoms with van der Waals surface area (Å²) in [4.78, 5) is 159. The van der Waals surface area contributed by atoms with Gasteiger partial charge in [-0.05, 0) is 122 Å². The molecule has 0 spiro atoms. The molecule has 2 heterocycles. The summed E-state index contributed by atoms with van der Waals surface area (Å²) in [5.41, 5.74) is -0.325. The fourth-order valence-corrected chi connectivity index (χ4v) is 11.7. The Balaban J connectivity index is 1.30. The van der Waals surface area contributed by atoms with Crippen LogP contribution in [-0.4, -0.2) is 208 Å². The third kappa shape index (κ3) is 34.9. The van der Waals surface area contributed by atoms with Gasteiger partial charge in [0.25, 0.3) is 5.91 Å². The van der Waals surface area contributed by atoms with Gasteiger partial charge in [-0.15, -0.1) is 23.7 Å². The van der Waals surface area contributed by atoms with E-state index in [1.165, 1.54) is 25.8 Å². The molecule has 4 rings (SSSR count). The number of carbonyl (C=O) groups excluding carboxylic acids is 10. The summed E-state index contributed by atoms with van der Waals surface area (Å²) in [6, 6.07) is 13.3. The molecule has 7 atom stereocenters. The van der Waals surface area contributed by atoms with Crippen LogP contribution in [0.5, 0.6) is 0 Å². The van der Waals surface area contributed by atoms with Gasteiger partial charge in [-0.25, -0.2) is 14.8 Å². The maximum absolute atomic E-state index is 14.9. The number of hydroxylamine groups is 2. The van der Waals surface area contributed by atoms with E-state index in [1.807, 2.05) is 34.7 Å². The highest BCUT2D eigenvalue weighted by atomic mass is 32.1. The quantitative estimate of drug-likeness (QED) is 0.0105. The number of carbonyl (C=O) groups is 11. The minimum absolute atomic E-state index is 0.00931. The zero-order valence-corrected chi connectivity index (χ0v) is 63.5. The number of alkyl carbamates (subject to hydrolysis) is 1. The molecule has 31 heteroatoms. The van der Waals surface area contributed by atoms with Crippen molar-refractivity contribution in [2.75, 3.05) is 110 Å². The molecule has 0 unspecified atom stereocenters. The Bertz CT molecular complexity index is 3290. The van der Waals surface area contributed by atoms with E-state index >= 15 is 0 Å². The third-order valence-electron chi connectivity index (χ3n) is 16.8. The van der Waals surface area contributed by atoms with E-state index in [4.69, 9.17) is 44.7 Å². The molecule has 3 aromatic rings. The largest absolute Gasteiger partial charge is 0.481 e. The molecule has 2 aromatic carbocycles. The molecule has 1 fully saturated rings. The first-order valence-electron chi connectivity index (χ1n) is 35.8. The number of esters is 1. The summed E-state index contributed by atoms with van der Waals surface area (Å²) in [5.74, 6) is -6.53. The van der Waals surface area contributed by atoms with Crippen molar-refractivity contribution < 1.29 is 91.1 Å². The fourth-order valence-electron chi connectivity index (χ4n) is 10.9. The predicted molar refractivity (Wildman–Crippen MR) is 392 cm³/mol. The number of terminal acetylenes is 1. The maximum Gasteiger partial charge on any atom is 0.407 e. The summed E-state index contributed by atoms with van der Waals surface area (Å²) in [5, 5.41) is 34.6. The van der Waals surface area contributed by atoms with Gasteiger partial charge >= 0.3 is 18.0 Å². The van der Waals surface area contributed by atoms with Crippen molar-refractivity contribution in [3.8, 4) is 12.3 Å². The molecule has 30 nitrogen and oxygen atoms in total. The monoisotopic (exact) mass is 1490 g/mol. The topological polar surface area (TPSA) is 388 Å². The van der Waals surface area contributed by atoms with E-state index in [0.29, 0.717) is 75.7 Å². The van der Waals surface area contributed by atoms with Crippen LogP contribution in [0, 0.1) is 41.4 Å². The maximum atomic E-state index is 14.9. The number of carboxylic acids is 1. The van der Waals surface area contributed by atoms with Gasteiger partial charge in [0.1, 0.15) is 28.4 Å². The second-order valence-corrected chi connectivity index (χ2v) is 28.5. The average Bonchev–Trinajstić information content (AvgIpc) is 1.76. The summed E-state index contributed by atoms with van der Waals surface area (Å²) >= 11 is 1.10. The van der Waals surface area contributed by atoms with E-state index in [2.05, 4.69) is 53.4 Å². The number of benzene rings is 2. The molecule has 1 aliphatic heterocycles. The van der Waals surface area contributed by atoms with E-state index in [-0.39, 0.29) is 87.4 Å². The zero-order valence-electron chi connectivity index (χ0n) is 62.7. The molecule has 1 aliphatic rings. The second-order valence-electron chi connectivity index (χ2n) is 27.6. The van der Waals surface area contributed by atoms with Crippen LogP contribution < -0.4 is 42.5 Å². The Morgan fingerprint density at radius 1 is 0.724 bits per heavy atom. The van der Waals surface area contributed by atoms with E-state index in [9.17, 15) is 57.8 Å². The van der Waals surface area contributed by atoms with E-state index in [1.54, 1.807) is 80.7 Å². The molecule has 0 radical (unpaired) electrons. The van der Waals surface area contributed by atoms with Crippen LogP contribution >= 0.6 is 11.3 Å². The fraction of sp³-hybridized carbons (Fsp3) is 0.622. The number of thiazole rings is 1. The van der Waals surface area contributed by atoms with Crippen LogP contribution in [0.1, 0.15) is 149 Å². The van der Waals surface area contributed by atoms with Crippen LogP contribution in [0.25, 0.3) is 0 Å². The Labute approximate surface area is 620 Å². The van der Waals surface area contributed by atoms with Gasteiger partial charge in [-0.1, -0.05) is 76.6 Å². The lowest BCUT2D eigenvalue weighted by atomic mass is 9.80. The molecule has 9 N–H and O–H groups in total. The lowest BCUT2D eigenvalue weighted by Crippen LogP contribution is -2.55. The number of amides is 9. The zero-order chi connectivity index (χ0) is 77.5. The van der Waals surface area contributed by atoms with E-state index in [0.717, 1.165) is 37.1 Å². The molecule has 0 bridgehead atoms. The van der Waals surface area contributed by atoms with Crippen molar-refractivity contribution in [1.82, 2.24) is 46.8 Å². The Kier molecular flexibility index (Phi) is 39.8. The lowest BCUT2D eigenvalue weighted by molar-refractivity contribution is -0.215. The number of carboxylic acid groups (broad SMARTS) is 1. The molecule has 0 saturated carbocycles. The molecular weight excluding hydrogens is 1380 g/mol. The van der Waals surface area contributed by atoms with Crippen LogP contribution in [0.2, 0.25) is 0 Å². The summed E-state index contributed by atoms with van der Waals surface area (Å²) in [6.45, 7) is 19.0. The highest BCUT2D eigenvalue weighted by molar-refractivity contribution is 7.10. The van der Waals surface area contributed by atoms with Gasteiger partial charge in [-0.2, -0.15) is 0 Å². The average molecular weight is 1490 g/mol. The normalized spacial score (nSPS) is 14.9. The number of nitrogens with one attached hydrogen (secondary N) is 8. The molecular formula is C74H111N11O19S. The highest BCUT2D eigenvalue weighted by Gasteiger charge is 2.42. The van der Waals surface area contributed by atoms with Gasteiger partial charge in [0.05, 0.1) is 96.7 Å². The Morgan fingerprint density at radius 3 is 1.95 bits per heavy atom. The molecule has 0 aliphatic carbocycles. The lowest BCUT2D eigenvalue weighted by Gasteiger charge is -2.38. The molecule has 582 valence electrons. The van der Waals surface area contributed by atoms with Crippen LogP contribution in [0.4, 0.5) is 16.3 Å². The second kappa shape index (κ2) is 47.0. The first kappa shape index (κ1) is 88.8.